The molecule has 5 heteroatoms. The molecule has 2 N–H and O–H groups in total. The summed E-state index contributed by atoms with van der Waals surface area (Å²) in [6.45, 7) is 1.96. The number of carbonyl (C=O) groups is 1. The lowest BCUT2D eigenvalue weighted by molar-refractivity contribution is -0.157. The molecule has 1 heterocycles. The van der Waals surface area contributed by atoms with Crippen molar-refractivity contribution in [2.45, 2.75) is 83.0 Å². The number of cyclic esters (lactones) is 1. The number of benzene rings is 1. The molecule has 0 unspecified atom stereocenters. The number of para-hydroxylation sites is 1. The first-order valence-corrected chi connectivity index (χ1v) is 10.3. The highest BCUT2D eigenvalue weighted by atomic mass is 35.5. The second-order valence-electron chi connectivity index (χ2n) is 8.07. The smallest absolute Gasteiger partial charge is 0.323 e. The molecule has 1 aliphatic carbocycles. The Morgan fingerprint density at radius 3 is 2.37 bits per heavy atom. The molecular formula is C22H34ClNO3. The molecule has 1 saturated carbocycles. The third kappa shape index (κ3) is 6.39. The Bertz CT molecular complexity index is 562. The Hall–Kier alpha value is -1.26. The number of hydrogen-bond donors (Lipinski definition) is 1. The number of halogens is 1. The molecule has 1 aliphatic heterocycles. The van der Waals surface area contributed by atoms with E-state index in [4.69, 9.17) is 15.2 Å². The first-order valence-electron chi connectivity index (χ1n) is 10.3. The van der Waals surface area contributed by atoms with Crippen LogP contribution in [-0.2, 0) is 9.53 Å². The van der Waals surface area contributed by atoms with Crippen molar-refractivity contribution >= 4 is 18.4 Å². The van der Waals surface area contributed by atoms with Crippen LogP contribution in [0.1, 0.15) is 64.7 Å². The Morgan fingerprint density at radius 2 is 1.67 bits per heavy atom. The quantitative estimate of drug-likeness (QED) is 0.737. The Kier molecular flexibility index (Phi) is 8.91. The molecule has 1 aromatic carbocycles. The van der Waals surface area contributed by atoms with Crippen molar-refractivity contribution in [3.63, 3.8) is 0 Å². The van der Waals surface area contributed by atoms with Crippen LogP contribution in [0.25, 0.3) is 0 Å². The van der Waals surface area contributed by atoms with E-state index in [-0.39, 0.29) is 30.6 Å². The van der Waals surface area contributed by atoms with Gasteiger partial charge < -0.3 is 15.2 Å². The predicted octanol–water partition coefficient (Wildman–Crippen LogP) is 4.89. The topological polar surface area (TPSA) is 61.5 Å². The summed E-state index contributed by atoms with van der Waals surface area (Å²) in [4.78, 5) is 12.3. The predicted molar refractivity (Wildman–Crippen MR) is 110 cm³/mol. The first kappa shape index (κ1) is 22.0. The van der Waals surface area contributed by atoms with Crippen molar-refractivity contribution in [1.82, 2.24) is 0 Å². The molecule has 0 aromatic heterocycles. The molecule has 0 radical (unpaired) electrons. The fourth-order valence-corrected chi connectivity index (χ4v) is 4.55. The van der Waals surface area contributed by atoms with Crippen LogP contribution >= 0.6 is 12.4 Å². The van der Waals surface area contributed by atoms with Crippen LogP contribution in [0.3, 0.4) is 0 Å². The van der Waals surface area contributed by atoms with Gasteiger partial charge in [-0.25, -0.2) is 0 Å². The van der Waals surface area contributed by atoms with E-state index in [1.54, 1.807) is 0 Å². The van der Waals surface area contributed by atoms with Crippen molar-refractivity contribution in [3.8, 4) is 5.75 Å². The number of rotatable bonds is 4. The van der Waals surface area contributed by atoms with Crippen LogP contribution in [0.4, 0.5) is 0 Å². The molecule has 2 aliphatic rings. The average molecular weight is 396 g/mol. The van der Waals surface area contributed by atoms with Gasteiger partial charge in [0.2, 0.25) is 0 Å². The number of carbonyl (C=O) groups excluding carboxylic acids is 1. The van der Waals surface area contributed by atoms with E-state index >= 15 is 0 Å². The fraction of sp³-hybridized carbons (Fsp3) is 0.682. The molecule has 1 aromatic rings. The summed E-state index contributed by atoms with van der Waals surface area (Å²) < 4.78 is 12.1. The Morgan fingerprint density at radius 1 is 1.04 bits per heavy atom. The number of hydrogen-bond acceptors (Lipinski definition) is 4. The third-order valence-corrected chi connectivity index (χ3v) is 6.00. The van der Waals surface area contributed by atoms with E-state index in [9.17, 15) is 4.79 Å². The van der Waals surface area contributed by atoms with Crippen molar-refractivity contribution in [1.29, 1.82) is 0 Å². The zero-order valence-corrected chi connectivity index (χ0v) is 17.2. The van der Waals surface area contributed by atoms with Gasteiger partial charge in [-0.1, -0.05) is 56.7 Å². The highest BCUT2D eigenvalue weighted by Gasteiger charge is 2.35. The van der Waals surface area contributed by atoms with E-state index < -0.39 is 6.04 Å². The van der Waals surface area contributed by atoms with Crippen LogP contribution in [-0.4, -0.2) is 24.2 Å². The monoisotopic (exact) mass is 395 g/mol. The number of nitrogens with two attached hydrogens (primary N) is 1. The third-order valence-electron chi connectivity index (χ3n) is 6.00. The molecule has 1 saturated heterocycles. The Labute approximate surface area is 169 Å². The van der Waals surface area contributed by atoms with Crippen LogP contribution in [0.2, 0.25) is 0 Å². The molecule has 0 spiro atoms. The maximum absolute atomic E-state index is 12.3. The SMILES string of the molecule is C[C@@H]1OC(=O)[C@@H](N)CCCC[C@H](CC2CCCC2)[C@H]1Oc1ccccc1.Cl. The normalized spacial score (nSPS) is 30.2. The van der Waals surface area contributed by atoms with Crippen molar-refractivity contribution in [3.05, 3.63) is 30.3 Å². The minimum absolute atomic E-state index is 0. The van der Waals surface area contributed by atoms with Gasteiger partial charge in [-0.15, -0.1) is 12.4 Å². The summed E-state index contributed by atoms with van der Waals surface area (Å²) in [5.41, 5.74) is 5.98. The maximum Gasteiger partial charge on any atom is 0.323 e. The maximum atomic E-state index is 12.3. The van der Waals surface area contributed by atoms with Crippen molar-refractivity contribution < 1.29 is 14.3 Å². The highest BCUT2D eigenvalue weighted by molar-refractivity contribution is 5.85. The molecule has 4 atom stereocenters. The lowest BCUT2D eigenvalue weighted by Gasteiger charge is -2.35. The standard InChI is InChI=1S/C22H33NO3.ClH/c1-16-21(26-19-12-3-2-4-13-19)18(15-17-9-5-6-10-17)11-7-8-14-20(23)22(24)25-16;/h2-4,12-13,16-18,20-21H,5-11,14-15,23H2,1H3;1H/t16-,18+,20-,21-;/m0./s1. The minimum atomic E-state index is -0.513. The first-order chi connectivity index (χ1) is 12.6. The van der Waals surface area contributed by atoms with Gasteiger partial charge in [0.15, 0.2) is 0 Å². The van der Waals surface area contributed by atoms with Gasteiger partial charge in [-0.3, -0.25) is 4.79 Å². The fourth-order valence-electron chi connectivity index (χ4n) is 4.55. The second-order valence-corrected chi connectivity index (χ2v) is 8.07. The van der Waals surface area contributed by atoms with Gasteiger partial charge in [-0.05, 0) is 50.2 Å². The van der Waals surface area contributed by atoms with Crippen molar-refractivity contribution in [2.24, 2.45) is 17.6 Å². The molecule has 2 fully saturated rings. The van der Waals surface area contributed by atoms with Crippen LogP contribution in [0.15, 0.2) is 30.3 Å². The van der Waals surface area contributed by atoms with E-state index in [1.165, 1.54) is 32.1 Å². The van der Waals surface area contributed by atoms with E-state index in [1.807, 2.05) is 37.3 Å². The summed E-state index contributed by atoms with van der Waals surface area (Å²) in [7, 11) is 0. The summed E-state index contributed by atoms with van der Waals surface area (Å²) in [5.74, 6) is 1.75. The van der Waals surface area contributed by atoms with Gasteiger partial charge in [0.05, 0.1) is 0 Å². The van der Waals surface area contributed by atoms with Gasteiger partial charge >= 0.3 is 5.97 Å². The lowest BCUT2D eigenvalue weighted by Crippen LogP contribution is -2.44. The summed E-state index contributed by atoms with van der Waals surface area (Å²) in [6.07, 6.45) is 10.0. The van der Waals surface area contributed by atoms with Crippen LogP contribution in [0.5, 0.6) is 5.75 Å². The average Bonchev–Trinajstić information content (AvgIpc) is 3.15. The van der Waals surface area contributed by atoms with Gasteiger partial charge in [0.25, 0.3) is 0 Å². The van der Waals surface area contributed by atoms with E-state index in [2.05, 4.69) is 0 Å². The summed E-state index contributed by atoms with van der Waals surface area (Å²) in [5, 5.41) is 0. The summed E-state index contributed by atoms with van der Waals surface area (Å²) >= 11 is 0. The van der Waals surface area contributed by atoms with Crippen molar-refractivity contribution in [2.75, 3.05) is 0 Å². The highest BCUT2D eigenvalue weighted by Crippen LogP contribution is 2.36. The Balaban J connectivity index is 0.00000261. The zero-order chi connectivity index (χ0) is 18.4. The molecular weight excluding hydrogens is 362 g/mol. The molecule has 152 valence electrons. The molecule has 4 nitrogen and oxygen atoms in total. The van der Waals surface area contributed by atoms with Crippen LogP contribution < -0.4 is 10.5 Å². The second kappa shape index (κ2) is 10.9. The largest absolute Gasteiger partial charge is 0.486 e. The minimum Gasteiger partial charge on any atom is -0.486 e. The molecule has 0 bridgehead atoms. The van der Waals surface area contributed by atoms with E-state index in [0.717, 1.165) is 30.9 Å². The lowest BCUT2D eigenvalue weighted by atomic mass is 9.83. The molecule has 3 rings (SSSR count). The van der Waals surface area contributed by atoms with Gasteiger partial charge in [0, 0.05) is 0 Å². The molecule has 0 amide bonds. The molecule has 27 heavy (non-hydrogen) atoms. The summed E-state index contributed by atoms with van der Waals surface area (Å²) in [6, 6.07) is 9.39. The zero-order valence-electron chi connectivity index (χ0n) is 16.3. The number of esters is 1. The van der Waals surface area contributed by atoms with Gasteiger partial charge in [-0.2, -0.15) is 0 Å². The number of ether oxygens (including phenoxy) is 2. The van der Waals surface area contributed by atoms with Crippen LogP contribution in [0, 0.1) is 11.8 Å². The van der Waals surface area contributed by atoms with Gasteiger partial charge in [0.1, 0.15) is 24.0 Å². The van der Waals surface area contributed by atoms with E-state index in [0.29, 0.717) is 12.3 Å².